The summed E-state index contributed by atoms with van der Waals surface area (Å²) in [6.45, 7) is 5.51. The van der Waals surface area contributed by atoms with Crippen LogP contribution in [0.2, 0.25) is 0 Å². The molecule has 1 rings (SSSR count). The number of nitrogens with zero attached hydrogens (tertiary/aromatic N) is 2. The molecule has 0 saturated carbocycles. The Kier molecular flexibility index (Phi) is 2.47. The van der Waals surface area contributed by atoms with Gasteiger partial charge in [-0.3, -0.25) is 0 Å². The summed E-state index contributed by atoms with van der Waals surface area (Å²) in [5.41, 5.74) is -0.919. The summed E-state index contributed by atoms with van der Waals surface area (Å²) in [4.78, 5) is 4.00. The molecular weight excluding hydrogens is 156 g/mol. The number of aromatic nitrogens is 2. The van der Waals surface area contributed by atoms with E-state index in [1.807, 2.05) is 13.8 Å². The molecule has 4 nitrogen and oxygen atoms in total. The molecule has 0 saturated heterocycles. The van der Waals surface area contributed by atoms with Gasteiger partial charge >= 0.3 is 0 Å². The van der Waals surface area contributed by atoms with Crippen molar-refractivity contribution in [2.24, 2.45) is 0 Å². The molecule has 0 amide bonds. The quantitative estimate of drug-likeness (QED) is 0.744. The third-order valence-corrected chi connectivity index (χ3v) is 2.11. The molecule has 12 heavy (non-hydrogen) atoms. The van der Waals surface area contributed by atoms with Crippen LogP contribution in [0.3, 0.4) is 0 Å². The molecule has 0 aromatic carbocycles. The average Bonchev–Trinajstić information content (AvgIpc) is 2.51. The smallest absolute Gasteiger partial charge is 0.223 e. The van der Waals surface area contributed by atoms with Gasteiger partial charge in [0.2, 0.25) is 11.7 Å². The SMILES string of the molecule is CCC(O)(CC)c1noc(C)n1. The zero-order valence-corrected chi connectivity index (χ0v) is 7.66. The van der Waals surface area contributed by atoms with Crippen molar-refractivity contribution >= 4 is 0 Å². The minimum absolute atomic E-state index is 0.394. The minimum Gasteiger partial charge on any atom is -0.382 e. The summed E-state index contributed by atoms with van der Waals surface area (Å²) in [6.07, 6.45) is 1.20. The van der Waals surface area contributed by atoms with Gasteiger partial charge in [0.1, 0.15) is 5.60 Å². The van der Waals surface area contributed by atoms with Gasteiger partial charge < -0.3 is 9.63 Å². The molecule has 0 fully saturated rings. The normalized spacial score (nSPS) is 12.0. The predicted molar refractivity (Wildman–Crippen MR) is 43.5 cm³/mol. The van der Waals surface area contributed by atoms with Crippen LogP contribution >= 0.6 is 0 Å². The molecule has 0 aliphatic heterocycles. The molecule has 0 unspecified atom stereocenters. The van der Waals surface area contributed by atoms with Crippen LogP contribution in [0, 0.1) is 6.92 Å². The van der Waals surface area contributed by atoms with Crippen molar-refractivity contribution in [3.63, 3.8) is 0 Å². The number of aliphatic hydroxyl groups is 1. The average molecular weight is 170 g/mol. The summed E-state index contributed by atoms with van der Waals surface area (Å²) < 4.78 is 4.79. The van der Waals surface area contributed by atoms with E-state index in [2.05, 4.69) is 10.1 Å². The van der Waals surface area contributed by atoms with Gasteiger partial charge in [-0.15, -0.1) is 0 Å². The third kappa shape index (κ3) is 1.48. The fourth-order valence-corrected chi connectivity index (χ4v) is 1.05. The molecule has 0 aliphatic rings. The lowest BCUT2D eigenvalue weighted by atomic mass is 9.97. The van der Waals surface area contributed by atoms with E-state index >= 15 is 0 Å². The minimum atomic E-state index is -0.919. The molecule has 0 bridgehead atoms. The Morgan fingerprint density at radius 3 is 2.33 bits per heavy atom. The molecule has 0 spiro atoms. The molecule has 68 valence electrons. The van der Waals surface area contributed by atoms with E-state index < -0.39 is 5.60 Å². The monoisotopic (exact) mass is 170 g/mol. The maximum Gasteiger partial charge on any atom is 0.223 e. The van der Waals surface area contributed by atoms with Gasteiger partial charge in [-0.2, -0.15) is 4.98 Å². The summed E-state index contributed by atoms with van der Waals surface area (Å²) in [5, 5.41) is 13.6. The van der Waals surface area contributed by atoms with Crippen LogP contribution in [0.1, 0.15) is 38.4 Å². The van der Waals surface area contributed by atoms with Gasteiger partial charge in [-0.25, -0.2) is 0 Å². The highest BCUT2D eigenvalue weighted by atomic mass is 16.5. The number of rotatable bonds is 3. The van der Waals surface area contributed by atoms with Crippen molar-refractivity contribution in [1.82, 2.24) is 10.1 Å². The van der Waals surface area contributed by atoms with Crippen molar-refractivity contribution < 1.29 is 9.63 Å². The van der Waals surface area contributed by atoms with Crippen LogP contribution in [-0.2, 0) is 5.60 Å². The molecule has 4 heteroatoms. The molecule has 0 aliphatic carbocycles. The summed E-state index contributed by atoms with van der Waals surface area (Å²) in [7, 11) is 0. The molecule has 1 aromatic rings. The van der Waals surface area contributed by atoms with E-state index in [9.17, 15) is 5.11 Å². The van der Waals surface area contributed by atoms with Gasteiger partial charge in [-0.05, 0) is 12.8 Å². The zero-order valence-electron chi connectivity index (χ0n) is 7.66. The van der Waals surface area contributed by atoms with Crippen molar-refractivity contribution in [3.8, 4) is 0 Å². The maximum absolute atomic E-state index is 9.93. The highest BCUT2D eigenvalue weighted by Crippen LogP contribution is 2.25. The van der Waals surface area contributed by atoms with Gasteiger partial charge in [-0.1, -0.05) is 19.0 Å². The number of hydrogen-bond acceptors (Lipinski definition) is 4. The lowest BCUT2D eigenvalue weighted by Crippen LogP contribution is -2.25. The molecule has 1 aromatic heterocycles. The number of hydrogen-bond donors (Lipinski definition) is 1. The third-order valence-electron chi connectivity index (χ3n) is 2.11. The molecule has 1 heterocycles. The Bertz CT molecular complexity index is 253. The maximum atomic E-state index is 9.93. The van der Waals surface area contributed by atoms with E-state index in [0.717, 1.165) is 0 Å². The van der Waals surface area contributed by atoms with E-state index in [0.29, 0.717) is 24.6 Å². The summed E-state index contributed by atoms with van der Waals surface area (Å²) in [5.74, 6) is 0.885. The van der Waals surface area contributed by atoms with Gasteiger partial charge in [0.15, 0.2) is 0 Å². The van der Waals surface area contributed by atoms with Crippen molar-refractivity contribution in [2.45, 2.75) is 39.2 Å². The van der Waals surface area contributed by atoms with Gasteiger partial charge in [0.25, 0.3) is 0 Å². The van der Waals surface area contributed by atoms with Crippen molar-refractivity contribution in [3.05, 3.63) is 11.7 Å². The Hall–Kier alpha value is -0.900. The molecule has 1 N–H and O–H groups in total. The van der Waals surface area contributed by atoms with Crippen molar-refractivity contribution in [1.29, 1.82) is 0 Å². The molecular formula is C8H14N2O2. The first-order valence-corrected chi connectivity index (χ1v) is 4.15. The Labute approximate surface area is 71.6 Å². The molecule has 0 radical (unpaired) electrons. The van der Waals surface area contributed by atoms with Crippen LogP contribution in [0.25, 0.3) is 0 Å². The zero-order chi connectivity index (χ0) is 9.19. The van der Waals surface area contributed by atoms with Crippen LogP contribution in [0.5, 0.6) is 0 Å². The second-order valence-electron chi connectivity index (χ2n) is 2.88. The standard InChI is InChI=1S/C8H14N2O2/c1-4-8(11,5-2)7-9-6(3)12-10-7/h11H,4-5H2,1-3H3. The van der Waals surface area contributed by atoms with E-state index in [1.165, 1.54) is 0 Å². The lowest BCUT2D eigenvalue weighted by Gasteiger charge is -2.19. The van der Waals surface area contributed by atoms with Crippen LogP contribution in [0.15, 0.2) is 4.52 Å². The summed E-state index contributed by atoms with van der Waals surface area (Å²) in [6, 6.07) is 0. The highest BCUT2D eigenvalue weighted by molar-refractivity contribution is 4.98. The van der Waals surface area contributed by atoms with Crippen LogP contribution < -0.4 is 0 Å². The van der Waals surface area contributed by atoms with Gasteiger partial charge in [0.05, 0.1) is 0 Å². The second-order valence-corrected chi connectivity index (χ2v) is 2.88. The van der Waals surface area contributed by atoms with E-state index in [1.54, 1.807) is 6.92 Å². The Balaban J connectivity index is 2.94. The molecule has 0 atom stereocenters. The Morgan fingerprint density at radius 2 is 2.00 bits per heavy atom. The van der Waals surface area contributed by atoms with Crippen molar-refractivity contribution in [2.75, 3.05) is 0 Å². The topological polar surface area (TPSA) is 59.2 Å². The highest BCUT2D eigenvalue weighted by Gasteiger charge is 2.30. The largest absolute Gasteiger partial charge is 0.382 e. The van der Waals surface area contributed by atoms with Crippen LogP contribution in [0.4, 0.5) is 0 Å². The summed E-state index contributed by atoms with van der Waals surface area (Å²) >= 11 is 0. The Morgan fingerprint density at radius 1 is 1.42 bits per heavy atom. The van der Waals surface area contributed by atoms with Crippen LogP contribution in [-0.4, -0.2) is 15.2 Å². The first kappa shape index (κ1) is 9.19. The first-order chi connectivity index (χ1) is 5.62. The van der Waals surface area contributed by atoms with E-state index in [4.69, 9.17) is 4.52 Å². The second kappa shape index (κ2) is 3.23. The number of aryl methyl sites for hydroxylation is 1. The lowest BCUT2D eigenvalue weighted by molar-refractivity contribution is 0.0172. The van der Waals surface area contributed by atoms with Gasteiger partial charge in [0, 0.05) is 6.92 Å². The van der Waals surface area contributed by atoms with E-state index in [-0.39, 0.29) is 0 Å². The fourth-order valence-electron chi connectivity index (χ4n) is 1.05. The fraction of sp³-hybridized carbons (Fsp3) is 0.750. The first-order valence-electron chi connectivity index (χ1n) is 4.15. The predicted octanol–water partition coefficient (Wildman–Crippen LogP) is 1.39.